The van der Waals surface area contributed by atoms with E-state index in [1.807, 2.05) is 0 Å². The van der Waals surface area contributed by atoms with Gasteiger partial charge in [-0.05, 0) is 32.8 Å². The van der Waals surface area contributed by atoms with Crippen LogP contribution in [0, 0.1) is 0 Å². The monoisotopic (exact) mass is 232 g/mol. The van der Waals surface area contributed by atoms with Crippen LogP contribution in [0.2, 0.25) is 0 Å². The van der Waals surface area contributed by atoms with Crippen molar-refractivity contribution in [1.82, 2.24) is 10.6 Å². The zero-order valence-electron chi connectivity index (χ0n) is 11.2. The van der Waals surface area contributed by atoms with Crippen molar-refractivity contribution in [2.45, 2.75) is 44.7 Å². The molecule has 0 heterocycles. The lowest BCUT2D eigenvalue weighted by atomic mass is 10.1. The summed E-state index contributed by atoms with van der Waals surface area (Å²) in [6.45, 7) is 8.72. The molecule has 0 aromatic heterocycles. The molecule has 17 heavy (non-hydrogen) atoms. The van der Waals surface area contributed by atoms with Gasteiger partial charge < -0.3 is 10.6 Å². The number of hydrogen-bond donors (Lipinski definition) is 2. The van der Waals surface area contributed by atoms with Crippen LogP contribution in [0.5, 0.6) is 0 Å². The van der Waals surface area contributed by atoms with Gasteiger partial charge in [0.1, 0.15) is 0 Å². The minimum Gasteiger partial charge on any atom is -0.312 e. The third-order valence-electron chi connectivity index (χ3n) is 3.21. The molecule has 0 radical (unpaired) electrons. The smallest absolute Gasteiger partial charge is 0.0143 e. The lowest BCUT2D eigenvalue weighted by Gasteiger charge is -2.20. The van der Waals surface area contributed by atoms with Crippen LogP contribution in [0.4, 0.5) is 0 Å². The van der Waals surface area contributed by atoms with Gasteiger partial charge in [-0.1, -0.05) is 30.3 Å². The van der Waals surface area contributed by atoms with E-state index in [0.29, 0.717) is 6.04 Å². The third-order valence-corrected chi connectivity index (χ3v) is 3.21. The van der Waals surface area contributed by atoms with Gasteiger partial charge in [0.05, 0.1) is 0 Å². The van der Waals surface area contributed by atoms with Crippen LogP contribution in [0.3, 0.4) is 0 Å². The second-order valence-corrected chi connectivity index (χ2v) is 5.99. The van der Waals surface area contributed by atoms with Crippen LogP contribution in [0.15, 0.2) is 30.3 Å². The molecule has 2 rings (SSSR count). The summed E-state index contributed by atoms with van der Waals surface area (Å²) in [5.41, 5.74) is 1.71. The normalized spacial score (nSPS) is 23.7. The van der Waals surface area contributed by atoms with Gasteiger partial charge in [-0.15, -0.1) is 0 Å². The first-order valence-corrected chi connectivity index (χ1v) is 6.59. The Kier molecular flexibility index (Phi) is 3.85. The van der Waals surface area contributed by atoms with E-state index in [1.54, 1.807) is 0 Å². The average molecular weight is 232 g/mol. The maximum absolute atomic E-state index is 3.62. The summed E-state index contributed by atoms with van der Waals surface area (Å²) in [5, 5.41) is 7.11. The summed E-state index contributed by atoms with van der Waals surface area (Å²) in [5.74, 6) is 0.742. The molecule has 1 saturated carbocycles. The second kappa shape index (κ2) is 5.19. The molecule has 1 aromatic carbocycles. The predicted molar refractivity (Wildman–Crippen MR) is 73.3 cm³/mol. The highest BCUT2D eigenvalue weighted by Crippen LogP contribution is 2.40. The van der Waals surface area contributed by atoms with Crippen molar-refractivity contribution in [2.75, 3.05) is 13.1 Å². The molecule has 0 amide bonds. The Hall–Kier alpha value is -0.860. The Balaban J connectivity index is 1.64. The van der Waals surface area contributed by atoms with E-state index in [1.165, 1.54) is 12.0 Å². The first-order chi connectivity index (χ1) is 8.06. The molecule has 2 atom stereocenters. The Morgan fingerprint density at radius 3 is 2.47 bits per heavy atom. The predicted octanol–water partition coefficient (Wildman–Crippen LogP) is 2.52. The number of rotatable bonds is 5. The van der Waals surface area contributed by atoms with Crippen LogP contribution < -0.4 is 10.6 Å². The molecule has 94 valence electrons. The van der Waals surface area contributed by atoms with Crippen molar-refractivity contribution >= 4 is 0 Å². The molecule has 1 fully saturated rings. The van der Waals surface area contributed by atoms with E-state index in [0.717, 1.165) is 19.0 Å². The van der Waals surface area contributed by atoms with E-state index in [4.69, 9.17) is 0 Å². The molecule has 0 saturated heterocycles. The van der Waals surface area contributed by atoms with Crippen molar-refractivity contribution in [1.29, 1.82) is 0 Å². The molecular formula is C15H24N2. The molecule has 2 N–H and O–H groups in total. The standard InChI is InChI=1S/C15H24N2/c1-15(2,3)17-10-9-16-14-11-13(14)12-7-5-4-6-8-12/h4-8,13-14,16-17H,9-11H2,1-3H3/t13?,14-/m1/s1. The molecule has 0 spiro atoms. The maximum atomic E-state index is 3.62. The van der Waals surface area contributed by atoms with Crippen molar-refractivity contribution in [3.05, 3.63) is 35.9 Å². The third kappa shape index (κ3) is 4.14. The van der Waals surface area contributed by atoms with Gasteiger partial charge in [-0.3, -0.25) is 0 Å². The van der Waals surface area contributed by atoms with Crippen molar-refractivity contribution in [2.24, 2.45) is 0 Å². The Morgan fingerprint density at radius 2 is 1.82 bits per heavy atom. The molecule has 0 bridgehead atoms. The summed E-state index contributed by atoms with van der Waals surface area (Å²) in [7, 11) is 0. The van der Waals surface area contributed by atoms with Gasteiger partial charge in [0.15, 0.2) is 0 Å². The minimum atomic E-state index is 0.226. The van der Waals surface area contributed by atoms with Gasteiger partial charge in [0.25, 0.3) is 0 Å². The van der Waals surface area contributed by atoms with E-state index in [2.05, 4.69) is 61.7 Å². The fourth-order valence-electron chi connectivity index (χ4n) is 2.18. The molecule has 1 aromatic rings. The fraction of sp³-hybridized carbons (Fsp3) is 0.600. The minimum absolute atomic E-state index is 0.226. The second-order valence-electron chi connectivity index (χ2n) is 5.99. The number of nitrogens with one attached hydrogen (secondary N) is 2. The van der Waals surface area contributed by atoms with Crippen LogP contribution >= 0.6 is 0 Å². The van der Waals surface area contributed by atoms with Crippen LogP contribution in [-0.2, 0) is 0 Å². The summed E-state index contributed by atoms with van der Waals surface area (Å²) >= 11 is 0. The lowest BCUT2D eigenvalue weighted by Crippen LogP contribution is -2.40. The molecule has 2 nitrogen and oxygen atoms in total. The summed E-state index contributed by atoms with van der Waals surface area (Å²) < 4.78 is 0. The van der Waals surface area contributed by atoms with Gasteiger partial charge in [-0.25, -0.2) is 0 Å². The maximum Gasteiger partial charge on any atom is 0.0143 e. The first kappa shape index (κ1) is 12.6. The summed E-state index contributed by atoms with van der Waals surface area (Å²) in [6, 6.07) is 11.5. The number of hydrogen-bond acceptors (Lipinski definition) is 2. The molecule has 2 heteroatoms. The SMILES string of the molecule is CC(C)(C)NCCN[C@@H]1CC1c1ccccc1. The summed E-state index contributed by atoms with van der Waals surface area (Å²) in [6.07, 6.45) is 1.29. The largest absolute Gasteiger partial charge is 0.312 e. The Morgan fingerprint density at radius 1 is 1.12 bits per heavy atom. The topological polar surface area (TPSA) is 24.1 Å². The molecule has 1 aliphatic carbocycles. The fourth-order valence-corrected chi connectivity index (χ4v) is 2.18. The quantitative estimate of drug-likeness (QED) is 0.762. The first-order valence-electron chi connectivity index (χ1n) is 6.59. The van der Waals surface area contributed by atoms with Gasteiger partial charge in [0, 0.05) is 30.6 Å². The van der Waals surface area contributed by atoms with Crippen LogP contribution in [0.1, 0.15) is 38.7 Å². The average Bonchev–Trinajstić information content (AvgIpc) is 3.04. The van der Waals surface area contributed by atoms with Gasteiger partial charge >= 0.3 is 0 Å². The molecule has 1 unspecified atom stereocenters. The van der Waals surface area contributed by atoms with E-state index in [9.17, 15) is 0 Å². The molecule has 1 aliphatic rings. The zero-order valence-corrected chi connectivity index (χ0v) is 11.2. The molecule has 0 aliphatic heterocycles. The van der Waals surface area contributed by atoms with Crippen molar-refractivity contribution in [3.8, 4) is 0 Å². The van der Waals surface area contributed by atoms with Gasteiger partial charge in [-0.2, -0.15) is 0 Å². The van der Waals surface area contributed by atoms with Crippen LogP contribution in [-0.4, -0.2) is 24.7 Å². The Labute approximate surface area is 105 Å². The van der Waals surface area contributed by atoms with Crippen molar-refractivity contribution in [3.63, 3.8) is 0 Å². The van der Waals surface area contributed by atoms with Gasteiger partial charge in [0.2, 0.25) is 0 Å². The van der Waals surface area contributed by atoms with E-state index < -0.39 is 0 Å². The zero-order chi connectivity index (χ0) is 12.3. The highest BCUT2D eigenvalue weighted by atomic mass is 15.0. The molecular weight excluding hydrogens is 208 g/mol. The van der Waals surface area contributed by atoms with Crippen molar-refractivity contribution < 1.29 is 0 Å². The van der Waals surface area contributed by atoms with E-state index in [-0.39, 0.29) is 5.54 Å². The highest BCUT2D eigenvalue weighted by molar-refractivity contribution is 5.27. The highest BCUT2D eigenvalue weighted by Gasteiger charge is 2.37. The lowest BCUT2D eigenvalue weighted by molar-refractivity contribution is 0.421. The van der Waals surface area contributed by atoms with E-state index >= 15 is 0 Å². The Bertz CT molecular complexity index is 340. The summed E-state index contributed by atoms with van der Waals surface area (Å²) in [4.78, 5) is 0. The van der Waals surface area contributed by atoms with Crippen LogP contribution in [0.25, 0.3) is 0 Å². The number of benzene rings is 1.